The smallest absolute Gasteiger partial charge is 0.373 e. The number of carbonyl (C=O) groups is 1. The second kappa shape index (κ2) is 4.52. The summed E-state index contributed by atoms with van der Waals surface area (Å²) < 4.78 is 5.12. The number of aryl methyl sites for hydroxylation is 2. The van der Waals surface area contributed by atoms with Crippen LogP contribution >= 0.6 is 0 Å². The monoisotopic (exact) mass is 262 g/mol. The van der Waals surface area contributed by atoms with Gasteiger partial charge in [0.25, 0.3) is 5.69 Å². The highest BCUT2D eigenvalue weighted by atomic mass is 16.6. The number of hydrogen-bond donors (Lipinski definition) is 1. The highest BCUT2D eigenvalue weighted by Gasteiger charge is 2.19. The molecule has 1 heterocycles. The van der Waals surface area contributed by atoms with Crippen molar-refractivity contribution >= 4 is 11.7 Å². The van der Waals surface area contributed by atoms with E-state index in [1.54, 1.807) is 13.0 Å². The standard InChI is InChI=1S/C12H10N2O5/c1-6-3-8(5-9(4-6)14(17)18)11-13-7(2)10(19-11)12(15)16/h3-5H,1-2H3,(H,15,16). The molecule has 0 amide bonds. The lowest BCUT2D eigenvalue weighted by Crippen LogP contribution is -1.95. The molecular weight excluding hydrogens is 252 g/mol. The third-order valence-corrected chi connectivity index (χ3v) is 2.51. The van der Waals surface area contributed by atoms with E-state index in [4.69, 9.17) is 9.52 Å². The van der Waals surface area contributed by atoms with Crippen LogP contribution in [0.25, 0.3) is 11.5 Å². The number of non-ortho nitro benzene ring substituents is 1. The van der Waals surface area contributed by atoms with Gasteiger partial charge in [-0.2, -0.15) is 0 Å². The molecule has 0 aliphatic carbocycles. The van der Waals surface area contributed by atoms with Crippen LogP contribution in [0.3, 0.4) is 0 Å². The Morgan fingerprint density at radius 1 is 1.37 bits per heavy atom. The zero-order valence-corrected chi connectivity index (χ0v) is 10.2. The first-order chi connectivity index (χ1) is 8.88. The summed E-state index contributed by atoms with van der Waals surface area (Å²) in [5.41, 5.74) is 1.17. The lowest BCUT2D eigenvalue weighted by Gasteiger charge is -1.98. The van der Waals surface area contributed by atoms with E-state index in [-0.39, 0.29) is 23.0 Å². The highest BCUT2D eigenvalue weighted by Crippen LogP contribution is 2.27. The van der Waals surface area contributed by atoms with Crippen LogP contribution < -0.4 is 0 Å². The maximum atomic E-state index is 10.9. The van der Waals surface area contributed by atoms with Gasteiger partial charge in [-0.15, -0.1) is 0 Å². The van der Waals surface area contributed by atoms with E-state index in [0.29, 0.717) is 11.1 Å². The Kier molecular flexibility index (Phi) is 3.04. The molecular formula is C12H10N2O5. The molecule has 0 radical (unpaired) electrons. The first-order valence-electron chi connectivity index (χ1n) is 5.35. The predicted octanol–water partition coefficient (Wildman–Crippen LogP) is 2.56. The first-order valence-corrected chi connectivity index (χ1v) is 5.35. The lowest BCUT2D eigenvalue weighted by atomic mass is 10.1. The molecule has 0 fully saturated rings. The van der Waals surface area contributed by atoms with Crippen molar-refractivity contribution < 1.29 is 19.2 Å². The van der Waals surface area contributed by atoms with Crippen LogP contribution in [0.15, 0.2) is 22.6 Å². The molecule has 0 spiro atoms. The highest BCUT2D eigenvalue weighted by molar-refractivity contribution is 5.86. The molecule has 7 nitrogen and oxygen atoms in total. The van der Waals surface area contributed by atoms with Gasteiger partial charge in [0.1, 0.15) is 0 Å². The van der Waals surface area contributed by atoms with E-state index in [2.05, 4.69) is 4.98 Å². The molecule has 2 aromatic rings. The number of aromatic carboxylic acids is 1. The summed E-state index contributed by atoms with van der Waals surface area (Å²) in [6.45, 7) is 3.20. The maximum absolute atomic E-state index is 10.9. The summed E-state index contributed by atoms with van der Waals surface area (Å²) in [5.74, 6) is -1.43. The van der Waals surface area contributed by atoms with Crippen molar-refractivity contribution in [1.29, 1.82) is 0 Å². The summed E-state index contributed by atoms with van der Waals surface area (Å²) >= 11 is 0. The van der Waals surface area contributed by atoms with Crippen LogP contribution in [0.2, 0.25) is 0 Å². The molecule has 2 rings (SSSR count). The van der Waals surface area contributed by atoms with Crippen molar-refractivity contribution in [2.45, 2.75) is 13.8 Å². The quantitative estimate of drug-likeness (QED) is 0.672. The van der Waals surface area contributed by atoms with Crippen molar-refractivity contribution in [2.24, 2.45) is 0 Å². The van der Waals surface area contributed by atoms with Crippen molar-refractivity contribution in [1.82, 2.24) is 4.98 Å². The van der Waals surface area contributed by atoms with Gasteiger partial charge in [-0.05, 0) is 25.5 Å². The summed E-state index contributed by atoms with van der Waals surface area (Å²) in [6.07, 6.45) is 0. The van der Waals surface area contributed by atoms with Crippen LogP contribution in [0.1, 0.15) is 21.8 Å². The Morgan fingerprint density at radius 3 is 2.58 bits per heavy atom. The SMILES string of the molecule is Cc1cc(-c2nc(C)c(C(=O)O)o2)cc([N+](=O)[O-])c1. The number of oxazole rings is 1. The minimum Gasteiger partial charge on any atom is -0.475 e. The molecule has 0 atom stereocenters. The Labute approximate surface area is 107 Å². The fourth-order valence-electron chi connectivity index (χ4n) is 1.71. The number of nitrogens with zero attached hydrogens (tertiary/aromatic N) is 2. The van der Waals surface area contributed by atoms with Gasteiger partial charge < -0.3 is 9.52 Å². The van der Waals surface area contributed by atoms with E-state index in [9.17, 15) is 14.9 Å². The molecule has 0 aliphatic rings. The molecule has 1 N–H and O–H groups in total. The van der Waals surface area contributed by atoms with Gasteiger partial charge >= 0.3 is 5.97 Å². The van der Waals surface area contributed by atoms with Crippen LogP contribution in [0.5, 0.6) is 0 Å². The summed E-state index contributed by atoms with van der Waals surface area (Å²) in [6, 6.07) is 4.35. The van der Waals surface area contributed by atoms with Gasteiger partial charge in [0.05, 0.1) is 10.6 Å². The molecule has 0 aliphatic heterocycles. The molecule has 1 aromatic carbocycles. The largest absolute Gasteiger partial charge is 0.475 e. The number of nitro groups is 1. The molecule has 19 heavy (non-hydrogen) atoms. The zero-order valence-electron chi connectivity index (χ0n) is 10.2. The van der Waals surface area contributed by atoms with Gasteiger partial charge in [-0.1, -0.05) is 0 Å². The predicted molar refractivity (Wildman–Crippen MR) is 65.0 cm³/mol. The van der Waals surface area contributed by atoms with Crippen molar-refractivity contribution in [3.05, 3.63) is 45.3 Å². The Morgan fingerprint density at radius 2 is 2.05 bits per heavy atom. The summed E-state index contributed by atoms with van der Waals surface area (Å²) in [7, 11) is 0. The van der Waals surface area contributed by atoms with E-state index in [1.807, 2.05) is 0 Å². The number of hydrogen-bond acceptors (Lipinski definition) is 5. The van der Waals surface area contributed by atoms with Gasteiger partial charge in [0.15, 0.2) is 0 Å². The average molecular weight is 262 g/mol. The Hall–Kier alpha value is -2.70. The van der Waals surface area contributed by atoms with Gasteiger partial charge in [0.2, 0.25) is 11.7 Å². The number of carboxylic acid groups (broad SMARTS) is 1. The molecule has 0 bridgehead atoms. The van der Waals surface area contributed by atoms with Crippen LogP contribution in [0.4, 0.5) is 5.69 Å². The van der Waals surface area contributed by atoms with Crippen molar-refractivity contribution in [3.8, 4) is 11.5 Å². The second-order valence-corrected chi connectivity index (χ2v) is 4.05. The van der Waals surface area contributed by atoms with E-state index in [0.717, 1.165) is 0 Å². The Bertz CT molecular complexity index is 675. The minimum atomic E-state index is -1.22. The van der Waals surface area contributed by atoms with Gasteiger partial charge in [-0.3, -0.25) is 10.1 Å². The number of aromatic nitrogens is 1. The number of carboxylic acids is 1. The van der Waals surface area contributed by atoms with Crippen LogP contribution in [-0.4, -0.2) is 21.0 Å². The fourth-order valence-corrected chi connectivity index (χ4v) is 1.71. The Balaban J connectivity index is 2.55. The van der Waals surface area contributed by atoms with Crippen molar-refractivity contribution in [2.75, 3.05) is 0 Å². The number of benzene rings is 1. The number of nitro benzene ring substituents is 1. The van der Waals surface area contributed by atoms with Crippen LogP contribution in [0, 0.1) is 24.0 Å². The van der Waals surface area contributed by atoms with Crippen LogP contribution in [-0.2, 0) is 0 Å². The molecule has 0 saturated carbocycles. The van der Waals surface area contributed by atoms with E-state index in [1.165, 1.54) is 19.1 Å². The molecule has 7 heteroatoms. The molecule has 0 unspecified atom stereocenters. The summed E-state index contributed by atoms with van der Waals surface area (Å²) in [5, 5.41) is 19.7. The number of rotatable bonds is 3. The van der Waals surface area contributed by atoms with E-state index < -0.39 is 10.9 Å². The second-order valence-electron chi connectivity index (χ2n) is 4.05. The summed E-state index contributed by atoms with van der Waals surface area (Å²) in [4.78, 5) is 25.1. The molecule has 98 valence electrons. The third-order valence-electron chi connectivity index (χ3n) is 2.51. The maximum Gasteiger partial charge on any atom is 0.373 e. The van der Waals surface area contributed by atoms with Crippen molar-refractivity contribution in [3.63, 3.8) is 0 Å². The fraction of sp³-hybridized carbons (Fsp3) is 0.167. The average Bonchev–Trinajstić information content (AvgIpc) is 2.70. The van der Waals surface area contributed by atoms with E-state index >= 15 is 0 Å². The normalized spacial score (nSPS) is 10.4. The zero-order chi connectivity index (χ0) is 14.2. The molecule has 1 aromatic heterocycles. The third kappa shape index (κ3) is 2.44. The lowest BCUT2D eigenvalue weighted by molar-refractivity contribution is -0.384. The first kappa shape index (κ1) is 12.7. The molecule has 0 saturated heterocycles. The van der Waals surface area contributed by atoms with Gasteiger partial charge in [-0.25, -0.2) is 9.78 Å². The minimum absolute atomic E-state index is 0.0571. The topological polar surface area (TPSA) is 106 Å². The van der Waals surface area contributed by atoms with Gasteiger partial charge in [0, 0.05) is 17.7 Å².